The van der Waals surface area contributed by atoms with Gasteiger partial charge in [0, 0.05) is 0 Å². The molecule has 0 saturated carbocycles. The number of aliphatic hydroxyl groups excluding tert-OH is 5. The summed E-state index contributed by atoms with van der Waals surface area (Å²) in [5, 5.41) is 69.7. The summed E-state index contributed by atoms with van der Waals surface area (Å²) < 4.78 is 14.2. The number of carboxylic acid groups (broad SMARTS) is 2. The van der Waals surface area contributed by atoms with Crippen molar-refractivity contribution in [2.75, 3.05) is 0 Å². The van der Waals surface area contributed by atoms with Crippen molar-refractivity contribution in [3.05, 3.63) is 11.8 Å². The number of carboxylic acids is 2. The fourth-order valence-corrected chi connectivity index (χ4v) is 2.22. The lowest BCUT2D eigenvalue weighted by Gasteiger charge is -2.43. The molecule has 0 aliphatic carbocycles. The first-order valence-corrected chi connectivity index (χ1v) is 6.65. The first-order chi connectivity index (χ1) is 11.1. The molecule has 12 nitrogen and oxygen atoms in total. The van der Waals surface area contributed by atoms with Crippen molar-refractivity contribution < 1.29 is 59.5 Å². The minimum absolute atomic E-state index is 0.627. The summed E-state index contributed by atoms with van der Waals surface area (Å²) in [6.45, 7) is 0. The molecule has 0 radical (unpaired) electrons. The van der Waals surface area contributed by atoms with Crippen molar-refractivity contribution in [2.24, 2.45) is 0 Å². The molecular weight excluding hydrogens is 336 g/mol. The van der Waals surface area contributed by atoms with E-state index in [1.807, 2.05) is 0 Å². The van der Waals surface area contributed by atoms with Crippen LogP contribution < -0.4 is 10.2 Å². The Balaban J connectivity index is 2.21. The van der Waals surface area contributed by atoms with Crippen LogP contribution in [-0.4, -0.2) is 86.7 Å². The normalized spacial score (nSPS) is 42.8. The van der Waals surface area contributed by atoms with Crippen LogP contribution in [0.25, 0.3) is 0 Å². The monoisotopic (exact) mass is 350 g/mol. The molecule has 2 heterocycles. The molecule has 24 heavy (non-hydrogen) atoms. The van der Waals surface area contributed by atoms with E-state index in [0.29, 0.717) is 6.08 Å². The third kappa shape index (κ3) is 3.49. The number of carbonyl (C=O) groups is 2. The first kappa shape index (κ1) is 18.5. The van der Waals surface area contributed by atoms with E-state index in [1.165, 1.54) is 0 Å². The number of carbonyl (C=O) groups excluding carboxylic acids is 2. The third-order valence-electron chi connectivity index (χ3n) is 3.48. The molecule has 0 aromatic heterocycles. The van der Waals surface area contributed by atoms with Gasteiger partial charge in [0.1, 0.15) is 48.4 Å². The quantitative estimate of drug-likeness (QED) is 0.320. The summed E-state index contributed by atoms with van der Waals surface area (Å²) in [7, 11) is 0. The zero-order valence-corrected chi connectivity index (χ0v) is 11.8. The van der Waals surface area contributed by atoms with Crippen LogP contribution in [0.3, 0.4) is 0 Å². The van der Waals surface area contributed by atoms with Crippen LogP contribution in [0.15, 0.2) is 11.8 Å². The van der Waals surface area contributed by atoms with Gasteiger partial charge >= 0.3 is 0 Å². The lowest BCUT2D eigenvalue weighted by Crippen LogP contribution is -2.64. The van der Waals surface area contributed by atoms with Gasteiger partial charge < -0.3 is 59.5 Å². The number of aliphatic carboxylic acids is 2. The maximum atomic E-state index is 11.0. The van der Waals surface area contributed by atoms with Crippen LogP contribution in [0.4, 0.5) is 0 Å². The molecule has 12 heteroatoms. The van der Waals surface area contributed by atoms with Gasteiger partial charge in [-0.3, -0.25) is 0 Å². The smallest absolute Gasteiger partial charge is 0.229 e. The molecule has 0 aromatic rings. The zero-order valence-electron chi connectivity index (χ0n) is 11.8. The summed E-state index contributed by atoms with van der Waals surface area (Å²) in [6.07, 6.45) is -14.9. The highest BCUT2D eigenvalue weighted by Gasteiger charge is 2.48. The second-order valence-corrected chi connectivity index (χ2v) is 5.13. The van der Waals surface area contributed by atoms with Gasteiger partial charge in [0.15, 0.2) is 6.29 Å². The Morgan fingerprint density at radius 1 is 1.04 bits per heavy atom. The van der Waals surface area contributed by atoms with Crippen molar-refractivity contribution in [3.63, 3.8) is 0 Å². The second-order valence-electron chi connectivity index (χ2n) is 5.13. The molecular formula is C12H14O12-2. The van der Waals surface area contributed by atoms with E-state index in [0.717, 1.165) is 0 Å². The van der Waals surface area contributed by atoms with Crippen molar-refractivity contribution in [3.8, 4) is 0 Å². The molecule has 0 spiro atoms. The van der Waals surface area contributed by atoms with Crippen LogP contribution in [0, 0.1) is 0 Å². The van der Waals surface area contributed by atoms with Gasteiger partial charge in [-0.25, -0.2) is 0 Å². The van der Waals surface area contributed by atoms with Crippen molar-refractivity contribution in [1.82, 2.24) is 0 Å². The first-order valence-electron chi connectivity index (χ1n) is 6.65. The molecule has 2 aliphatic rings. The fourth-order valence-electron chi connectivity index (χ4n) is 2.22. The predicted molar refractivity (Wildman–Crippen MR) is 62.8 cm³/mol. The number of aliphatic hydroxyl groups is 5. The molecule has 5 N–H and O–H groups in total. The van der Waals surface area contributed by atoms with Crippen molar-refractivity contribution in [1.29, 1.82) is 0 Å². The Hall–Kier alpha value is -1.80. The highest BCUT2D eigenvalue weighted by atomic mass is 16.7. The van der Waals surface area contributed by atoms with Gasteiger partial charge in [0.25, 0.3) is 0 Å². The van der Waals surface area contributed by atoms with E-state index in [4.69, 9.17) is 9.47 Å². The molecule has 0 aromatic carbocycles. The van der Waals surface area contributed by atoms with E-state index in [-0.39, 0.29) is 0 Å². The highest BCUT2D eigenvalue weighted by molar-refractivity contribution is 5.82. The molecule has 2 aliphatic heterocycles. The fraction of sp³-hybridized carbons (Fsp3) is 0.667. The number of hydrogen-bond donors (Lipinski definition) is 5. The maximum absolute atomic E-state index is 11.0. The zero-order chi connectivity index (χ0) is 18.2. The Bertz CT molecular complexity index is 532. The number of rotatable bonds is 4. The Kier molecular flexibility index (Phi) is 5.39. The van der Waals surface area contributed by atoms with E-state index in [1.54, 1.807) is 0 Å². The number of ether oxygens (including phenoxy) is 3. The van der Waals surface area contributed by atoms with Crippen molar-refractivity contribution >= 4 is 11.9 Å². The van der Waals surface area contributed by atoms with Gasteiger partial charge in [-0.2, -0.15) is 0 Å². The van der Waals surface area contributed by atoms with Crippen LogP contribution in [0.1, 0.15) is 0 Å². The molecule has 2 rings (SSSR count). The lowest BCUT2D eigenvalue weighted by molar-refractivity contribution is -0.360. The maximum Gasteiger partial charge on any atom is 0.229 e. The summed E-state index contributed by atoms with van der Waals surface area (Å²) >= 11 is 0. The van der Waals surface area contributed by atoms with Crippen LogP contribution in [-0.2, 0) is 23.8 Å². The minimum atomic E-state index is -2.08. The topological polar surface area (TPSA) is 209 Å². The van der Waals surface area contributed by atoms with Gasteiger partial charge in [-0.1, -0.05) is 0 Å². The SMILES string of the molecule is O=C([O-])C1=C[C@H](O)[C@@H](O)[C@H](O[C@@H]2[C@H](O)[C@@H](O)C(O)O[C@@H]2C(=O)[O-])O1. The van der Waals surface area contributed by atoms with Crippen LogP contribution in [0.2, 0.25) is 0 Å². The second kappa shape index (κ2) is 6.98. The van der Waals surface area contributed by atoms with Crippen LogP contribution in [0.5, 0.6) is 0 Å². The van der Waals surface area contributed by atoms with Gasteiger partial charge in [0.2, 0.25) is 6.29 Å². The van der Waals surface area contributed by atoms with Gasteiger partial charge in [0.05, 0.1) is 5.97 Å². The van der Waals surface area contributed by atoms with E-state index in [2.05, 4.69) is 4.74 Å². The molecule has 1 saturated heterocycles. The molecule has 8 atom stereocenters. The summed E-state index contributed by atoms with van der Waals surface area (Å²) in [5.74, 6) is -4.66. The largest absolute Gasteiger partial charge is 0.547 e. The summed E-state index contributed by atoms with van der Waals surface area (Å²) in [6, 6.07) is 0. The summed E-state index contributed by atoms with van der Waals surface area (Å²) in [4.78, 5) is 21.8. The van der Waals surface area contributed by atoms with Crippen molar-refractivity contribution in [2.45, 2.75) is 49.2 Å². The Morgan fingerprint density at radius 3 is 2.21 bits per heavy atom. The molecule has 1 unspecified atom stereocenters. The molecule has 1 fully saturated rings. The standard InChI is InChI=1S/C12H16O12/c13-2-1-3(9(17)18)22-12(4(2)14)24-7-5(15)6(16)11(21)23-8(7)10(19)20/h1-2,4-8,11-16,21H,(H,17,18)(H,19,20)/p-2/t2-,4+,5+,6+,7+,8-,11?,12-/m0/s1. The molecule has 0 bridgehead atoms. The van der Waals surface area contributed by atoms with Gasteiger partial charge in [-0.15, -0.1) is 0 Å². The summed E-state index contributed by atoms with van der Waals surface area (Å²) in [5.41, 5.74) is 0. The minimum Gasteiger partial charge on any atom is -0.547 e. The predicted octanol–water partition coefficient (Wildman–Crippen LogP) is -6.73. The average molecular weight is 350 g/mol. The highest BCUT2D eigenvalue weighted by Crippen LogP contribution is 2.27. The third-order valence-corrected chi connectivity index (χ3v) is 3.48. The lowest BCUT2D eigenvalue weighted by atomic mass is 9.98. The number of hydrogen-bond acceptors (Lipinski definition) is 12. The van der Waals surface area contributed by atoms with E-state index < -0.39 is 66.9 Å². The molecule has 136 valence electrons. The van der Waals surface area contributed by atoms with E-state index in [9.17, 15) is 45.3 Å². The Labute approximate surface area is 133 Å². The Morgan fingerprint density at radius 2 is 1.67 bits per heavy atom. The molecule has 0 amide bonds. The van der Waals surface area contributed by atoms with Crippen LogP contribution >= 0.6 is 0 Å². The van der Waals surface area contributed by atoms with Gasteiger partial charge in [-0.05, 0) is 6.08 Å². The van der Waals surface area contributed by atoms with E-state index >= 15 is 0 Å². The average Bonchev–Trinajstić information content (AvgIpc) is 2.51.